The number of hydrogen-bond acceptors (Lipinski definition) is 4. The molecule has 0 unspecified atom stereocenters. The lowest BCUT2D eigenvalue weighted by molar-refractivity contribution is -0.128. The monoisotopic (exact) mass is 507 g/mol. The first kappa shape index (κ1) is 26.1. The Hall–Kier alpha value is -3.18. The van der Waals surface area contributed by atoms with Gasteiger partial charge in [0.05, 0.1) is 12.1 Å². The number of ether oxygens (including phenoxy) is 1. The van der Waals surface area contributed by atoms with Gasteiger partial charge in [0.25, 0.3) is 6.47 Å². The van der Waals surface area contributed by atoms with Gasteiger partial charge in [0, 0.05) is 16.9 Å². The second-order valence-electron chi connectivity index (χ2n) is 7.17. The molecular formula is C28H30BrNO3. The maximum atomic E-state index is 9.69. The maximum Gasteiger partial charge on any atom is 0.293 e. The molecule has 172 valence electrons. The second-order valence-corrected chi connectivity index (χ2v) is 7.73. The SMILES string of the molecule is BrCc1ccccc1.CCCOC=O.CCc1cnc2ccccc2c1-c1cccc(O)c1. The molecule has 4 nitrogen and oxygen atoms in total. The highest BCUT2D eigenvalue weighted by atomic mass is 79.9. The van der Waals surface area contributed by atoms with E-state index >= 15 is 0 Å². The van der Waals surface area contributed by atoms with Crippen molar-refractivity contribution in [3.63, 3.8) is 0 Å². The maximum absolute atomic E-state index is 9.69. The van der Waals surface area contributed by atoms with Crippen molar-refractivity contribution in [2.24, 2.45) is 0 Å². The number of hydrogen-bond donors (Lipinski definition) is 1. The van der Waals surface area contributed by atoms with Crippen LogP contribution in [0.15, 0.2) is 85.1 Å². The van der Waals surface area contributed by atoms with Gasteiger partial charge in [-0.15, -0.1) is 0 Å². The highest BCUT2D eigenvalue weighted by Gasteiger charge is 2.10. The summed E-state index contributed by atoms with van der Waals surface area (Å²) >= 11 is 3.36. The zero-order valence-electron chi connectivity index (χ0n) is 19.1. The van der Waals surface area contributed by atoms with Crippen LogP contribution in [-0.4, -0.2) is 23.2 Å². The molecule has 0 fully saturated rings. The molecule has 4 rings (SSSR count). The molecule has 0 saturated carbocycles. The predicted octanol–water partition coefficient (Wildman–Crippen LogP) is 7.32. The van der Waals surface area contributed by atoms with Crippen molar-refractivity contribution >= 4 is 33.3 Å². The molecule has 0 atom stereocenters. The van der Waals surface area contributed by atoms with Gasteiger partial charge in [0.1, 0.15) is 5.75 Å². The zero-order valence-corrected chi connectivity index (χ0v) is 20.7. The van der Waals surface area contributed by atoms with Crippen molar-refractivity contribution in [3.05, 3.63) is 96.2 Å². The van der Waals surface area contributed by atoms with Gasteiger partial charge in [-0.25, -0.2) is 0 Å². The van der Waals surface area contributed by atoms with Crippen LogP contribution in [0.2, 0.25) is 0 Å². The zero-order chi connectivity index (χ0) is 23.9. The first-order chi connectivity index (χ1) is 16.1. The molecule has 1 aromatic heterocycles. The molecule has 0 spiro atoms. The average Bonchev–Trinajstić information content (AvgIpc) is 2.88. The van der Waals surface area contributed by atoms with E-state index in [1.807, 2.05) is 61.7 Å². The largest absolute Gasteiger partial charge is 0.508 e. The number of aryl methyl sites for hydroxylation is 1. The predicted molar refractivity (Wildman–Crippen MR) is 140 cm³/mol. The molecule has 0 saturated heterocycles. The Morgan fingerprint density at radius 2 is 1.70 bits per heavy atom. The Labute approximate surface area is 204 Å². The fraction of sp³-hybridized carbons (Fsp3) is 0.214. The van der Waals surface area contributed by atoms with Crippen LogP contribution < -0.4 is 0 Å². The molecule has 33 heavy (non-hydrogen) atoms. The van der Waals surface area contributed by atoms with Crippen LogP contribution in [0.25, 0.3) is 22.0 Å². The highest BCUT2D eigenvalue weighted by molar-refractivity contribution is 9.08. The van der Waals surface area contributed by atoms with Crippen molar-refractivity contribution < 1.29 is 14.6 Å². The lowest BCUT2D eigenvalue weighted by atomic mass is 9.95. The van der Waals surface area contributed by atoms with Gasteiger partial charge < -0.3 is 9.84 Å². The van der Waals surface area contributed by atoms with E-state index in [-0.39, 0.29) is 0 Å². The summed E-state index contributed by atoms with van der Waals surface area (Å²) in [6.45, 7) is 5.08. The van der Waals surface area contributed by atoms with Crippen molar-refractivity contribution in [1.29, 1.82) is 0 Å². The molecular weight excluding hydrogens is 478 g/mol. The van der Waals surface area contributed by atoms with Crippen LogP contribution in [0.3, 0.4) is 0 Å². The van der Waals surface area contributed by atoms with Gasteiger partial charge in [-0.2, -0.15) is 0 Å². The molecule has 3 aromatic carbocycles. The summed E-state index contributed by atoms with van der Waals surface area (Å²) in [5.74, 6) is 0.292. The van der Waals surface area contributed by atoms with E-state index in [0.29, 0.717) is 18.8 Å². The lowest BCUT2D eigenvalue weighted by Gasteiger charge is -2.12. The number of rotatable bonds is 6. The van der Waals surface area contributed by atoms with Crippen LogP contribution in [0, 0.1) is 0 Å². The first-order valence-corrected chi connectivity index (χ1v) is 12.1. The number of benzene rings is 3. The summed E-state index contributed by atoms with van der Waals surface area (Å²) < 4.78 is 4.30. The van der Waals surface area contributed by atoms with E-state index < -0.39 is 0 Å². The quantitative estimate of drug-likeness (QED) is 0.168. The lowest BCUT2D eigenvalue weighted by Crippen LogP contribution is -1.92. The first-order valence-electron chi connectivity index (χ1n) is 11.0. The van der Waals surface area contributed by atoms with Crippen molar-refractivity contribution in [2.75, 3.05) is 6.61 Å². The van der Waals surface area contributed by atoms with E-state index in [1.165, 1.54) is 16.7 Å². The number of pyridine rings is 1. The fourth-order valence-electron chi connectivity index (χ4n) is 3.19. The number of fused-ring (bicyclic) bond motifs is 1. The Morgan fingerprint density at radius 3 is 2.27 bits per heavy atom. The third-order valence-corrected chi connectivity index (χ3v) is 5.40. The smallest absolute Gasteiger partial charge is 0.293 e. The molecule has 1 N–H and O–H groups in total. The number of aromatic nitrogens is 1. The number of halogens is 1. The molecule has 0 bridgehead atoms. The average molecular weight is 508 g/mol. The van der Waals surface area contributed by atoms with Gasteiger partial charge in [0.15, 0.2) is 0 Å². The van der Waals surface area contributed by atoms with Gasteiger partial charge in [-0.3, -0.25) is 9.78 Å². The summed E-state index contributed by atoms with van der Waals surface area (Å²) in [7, 11) is 0. The van der Waals surface area contributed by atoms with Crippen LogP contribution in [0.1, 0.15) is 31.4 Å². The van der Waals surface area contributed by atoms with Crippen LogP contribution in [-0.2, 0) is 21.3 Å². The summed E-state index contributed by atoms with van der Waals surface area (Å²) in [4.78, 5) is 13.8. The fourth-order valence-corrected chi connectivity index (χ4v) is 3.56. The van der Waals surface area contributed by atoms with Crippen LogP contribution in [0.4, 0.5) is 0 Å². The minimum Gasteiger partial charge on any atom is -0.508 e. The number of para-hydroxylation sites is 1. The Morgan fingerprint density at radius 1 is 0.970 bits per heavy atom. The Bertz CT molecular complexity index is 1120. The van der Waals surface area contributed by atoms with Gasteiger partial charge >= 0.3 is 0 Å². The van der Waals surface area contributed by atoms with E-state index in [0.717, 1.165) is 34.6 Å². The van der Waals surface area contributed by atoms with Gasteiger partial charge in [-0.1, -0.05) is 90.4 Å². The number of carbonyl (C=O) groups excluding carboxylic acids is 1. The number of phenolic OH excluding ortho intramolecular Hbond substituents is 1. The third-order valence-electron chi connectivity index (χ3n) is 4.76. The van der Waals surface area contributed by atoms with E-state index in [9.17, 15) is 9.90 Å². The third kappa shape index (κ3) is 8.35. The Balaban J connectivity index is 0.000000227. The van der Waals surface area contributed by atoms with Gasteiger partial charge in [0.2, 0.25) is 0 Å². The molecule has 0 aliphatic rings. The van der Waals surface area contributed by atoms with Crippen molar-refractivity contribution in [3.8, 4) is 16.9 Å². The Kier molecular flexibility index (Phi) is 11.7. The van der Waals surface area contributed by atoms with Crippen LogP contribution >= 0.6 is 15.9 Å². The molecule has 1 heterocycles. The molecule has 0 amide bonds. The van der Waals surface area contributed by atoms with Crippen LogP contribution in [0.5, 0.6) is 5.75 Å². The normalized spacial score (nSPS) is 9.79. The number of nitrogens with zero attached hydrogens (tertiary/aromatic N) is 1. The summed E-state index contributed by atoms with van der Waals surface area (Å²) in [6.07, 6.45) is 3.75. The highest BCUT2D eigenvalue weighted by Crippen LogP contribution is 2.32. The molecule has 4 aromatic rings. The van der Waals surface area contributed by atoms with Gasteiger partial charge in [-0.05, 0) is 53.3 Å². The molecule has 0 aliphatic carbocycles. The number of aromatic hydroxyl groups is 1. The minimum atomic E-state index is 0.292. The number of phenols is 1. The number of carbonyl (C=O) groups is 1. The van der Waals surface area contributed by atoms with E-state index in [2.05, 4.69) is 50.8 Å². The number of alkyl halides is 1. The minimum absolute atomic E-state index is 0.292. The van der Waals surface area contributed by atoms with E-state index in [1.54, 1.807) is 12.1 Å². The second kappa shape index (κ2) is 14.8. The summed E-state index contributed by atoms with van der Waals surface area (Å²) in [6, 6.07) is 25.8. The molecule has 5 heteroatoms. The molecule has 0 aliphatic heterocycles. The van der Waals surface area contributed by atoms with Crippen molar-refractivity contribution in [1.82, 2.24) is 4.98 Å². The standard InChI is InChI=1S/C17H15NO.C7H7Br.C4H8O2/c1-2-12-11-18-16-9-4-3-8-15(16)17(12)13-6-5-7-14(19)10-13;8-6-7-4-2-1-3-5-7;1-2-3-6-4-5/h3-11,19H,2H2,1H3;1-5H,6H2;4H,2-3H2,1H3. The topological polar surface area (TPSA) is 59.4 Å². The van der Waals surface area contributed by atoms with Crippen molar-refractivity contribution in [2.45, 2.75) is 32.0 Å². The summed E-state index contributed by atoms with van der Waals surface area (Å²) in [5.41, 5.74) is 5.72. The summed E-state index contributed by atoms with van der Waals surface area (Å²) in [5, 5.41) is 11.8. The molecule has 0 radical (unpaired) electrons. The van der Waals surface area contributed by atoms with E-state index in [4.69, 9.17) is 0 Å².